The second-order valence-electron chi connectivity index (χ2n) is 5.12. The normalized spacial score (nSPS) is 11.7. The van der Waals surface area contributed by atoms with Gasteiger partial charge in [0.15, 0.2) is 0 Å². The van der Waals surface area contributed by atoms with Crippen LogP contribution in [0.5, 0.6) is 0 Å². The van der Waals surface area contributed by atoms with E-state index in [1.807, 2.05) is 12.1 Å². The molecule has 84 valence electrons. The van der Waals surface area contributed by atoms with Crippen LogP contribution in [0, 0.1) is 0 Å². The number of benzene rings is 2. The Hall–Kier alpha value is -1.48. The van der Waals surface area contributed by atoms with Gasteiger partial charge in [0.2, 0.25) is 0 Å². The summed E-state index contributed by atoms with van der Waals surface area (Å²) in [5.41, 5.74) is 8.01. The van der Waals surface area contributed by atoms with Gasteiger partial charge in [-0.1, -0.05) is 43.9 Å². The molecule has 0 fully saturated rings. The molecular weight excluding hydrogens is 212 g/mol. The van der Waals surface area contributed by atoms with Crippen LogP contribution in [-0.4, -0.2) is 8.24 Å². The summed E-state index contributed by atoms with van der Waals surface area (Å²) >= 11 is 0. The first-order chi connectivity index (χ1) is 7.47. The number of hydrogen-bond donors (Lipinski definition) is 2. The molecule has 0 aliphatic carbocycles. The Labute approximate surface area is 97.6 Å². The third-order valence-corrected chi connectivity index (χ3v) is 3.48. The van der Waals surface area contributed by atoms with Gasteiger partial charge in [0.05, 0.1) is 0 Å². The molecule has 0 unspecified atom stereocenters. The molecule has 3 heteroatoms. The lowest BCUT2D eigenvalue weighted by Crippen LogP contribution is -2.32. The number of nitrogen functional groups attached to an aromatic ring is 1. The van der Waals surface area contributed by atoms with E-state index in [0.717, 1.165) is 11.1 Å². The number of hydrogen-bond acceptors (Lipinski definition) is 2. The van der Waals surface area contributed by atoms with E-state index in [4.69, 9.17) is 5.73 Å². The van der Waals surface area contributed by atoms with Crippen LogP contribution in [0.15, 0.2) is 36.4 Å². The molecule has 0 saturated carbocycles. The Kier molecular flexibility index (Phi) is 2.64. The second kappa shape index (κ2) is 3.83. The van der Waals surface area contributed by atoms with E-state index >= 15 is 0 Å². The highest BCUT2D eigenvalue weighted by molar-refractivity contribution is 6.79. The first-order valence-electron chi connectivity index (χ1n) is 5.53. The monoisotopic (exact) mass is 230 g/mol. The average molecular weight is 230 g/mol. The lowest BCUT2D eigenvalue weighted by molar-refractivity contribution is 1.60. The van der Waals surface area contributed by atoms with Crippen molar-refractivity contribution in [2.24, 2.45) is 0 Å². The van der Waals surface area contributed by atoms with E-state index in [-0.39, 0.29) is 0 Å². The SMILES string of the molecule is C[Si](C)(C)Nc1cccc2c(N)cccc12. The summed E-state index contributed by atoms with van der Waals surface area (Å²) in [5.74, 6) is 0. The minimum atomic E-state index is -1.32. The largest absolute Gasteiger partial charge is 0.410 e. The Morgan fingerprint density at radius 3 is 2.25 bits per heavy atom. The van der Waals surface area contributed by atoms with Crippen molar-refractivity contribution < 1.29 is 0 Å². The van der Waals surface area contributed by atoms with E-state index in [9.17, 15) is 0 Å². The number of nitrogens with one attached hydrogen (secondary N) is 1. The predicted octanol–water partition coefficient (Wildman–Crippen LogP) is 3.67. The summed E-state index contributed by atoms with van der Waals surface area (Å²) < 4.78 is 0. The van der Waals surface area contributed by atoms with Gasteiger partial charge in [-0.3, -0.25) is 0 Å². The molecular formula is C13H18N2Si. The molecule has 0 radical (unpaired) electrons. The first kappa shape index (κ1) is 11.0. The molecule has 0 spiro atoms. The summed E-state index contributed by atoms with van der Waals surface area (Å²) in [4.78, 5) is 3.63. The molecule has 0 atom stereocenters. The Balaban J connectivity index is 2.58. The van der Waals surface area contributed by atoms with Gasteiger partial charge in [0, 0.05) is 22.1 Å². The van der Waals surface area contributed by atoms with E-state index in [1.54, 1.807) is 0 Å². The smallest absolute Gasteiger partial charge is 0.144 e. The molecule has 0 amide bonds. The highest BCUT2D eigenvalue weighted by atomic mass is 28.3. The van der Waals surface area contributed by atoms with Crippen LogP contribution < -0.4 is 10.7 Å². The summed E-state index contributed by atoms with van der Waals surface area (Å²) in [5, 5.41) is 2.34. The van der Waals surface area contributed by atoms with Gasteiger partial charge in [0.25, 0.3) is 0 Å². The van der Waals surface area contributed by atoms with Crippen molar-refractivity contribution in [2.45, 2.75) is 19.6 Å². The molecule has 2 aromatic carbocycles. The fraction of sp³-hybridized carbons (Fsp3) is 0.231. The van der Waals surface area contributed by atoms with Crippen LogP contribution in [-0.2, 0) is 0 Å². The number of rotatable bonds is 2. The zero-order chi connectivity index (χ0) is 11.8. The lowest BCUT2D eigenvalue weighted by Gasteiger charge is -2.21. The van der Waals surface area contributed by atoms with Crippen LogP contribution in [0.2, 0.25) is 19.6 Å². The molecule has 2 nitrogen and oxygen atoms in total. The van der Waals surface area contributed by atoms with Crippen LogP contribution >= 0.6 is 0 Å². The van der Waals surface area contributed by atoms with Crippen molar-refractivity contribution in [3.8, 4) is 0 Å². The summed E-state index contributed by atoms with van der Waals surface area (Å²) in [6, 6.07) is 12.3. The number of fused-ring (bicyclic) bond motifs is 1. The maximum Gasteiger partial charge on any atom is 0.144 e. The molecule has 0 bridgehead atoms. The molecule has 0 aliphatic rings. The first-order valence-corrected chi connectivity index (χ1v) is 9.03. The van der Waals surface area contributed by atoms with Gasteiger partial charge in [-0.25, -0.2) is 0 Å². The Bertz CT molecular complexity index is 515. The number of nitrogens with two attached hydrogens (primary N) is 1. The van der Waals surface area contributed by atoms with Crippen LogP contribution in [0.3, 0.4) is 0 Å². The lowest BCUT2D eigenvalue weighted by atomic mass is 10.1. The fourth-order valence-electron chi connectivity index (χ4n) is 1.85. The second-order valence-corrected chi connectivity index (χ2v) is 9.87. The summed E-state index contributed by atoms with van der Waals surface area (Å²) in [7, 11) is -1.32. The Morgan fingerprint density at radius 1 is 0.938 bits per heavy atom. The van der Waals surface area contributed by atoms with Gasteiger partial charge < -0.3 is 10.7 Å². The van der Waals surface area contributed by atoms with Crippen molar-refractivity contribution in [3.05, 3.63) is 36.4 Å². The molecule has 16 heavy (non-hydrogen) atoms. The highest BCUT2D eigenvalue weighted by Crippen LogP contribution is 2.28. The number of anilines is 2. The standard InChI is InChI=1S/C13H18N2Si/c1-16(2,3)15-13-9-5-6-10-11(13)7-4-8-12(10)14/h4-9,15H,14H2,1-3H3. The molecule has 2 rings (SSSR count). The van der Waals surface area contributed by atoms with E-state index in [2.05, 4.69) is 48.9 Å². The fourth-order valence-corrected chi connectivity index (χ4v) is 2.87. The molecule has 0 aliphatic heterocycles. The Morgan fingerprint density at radius 2 is 1.56 bits per heavy atom. The van der Waals surface area contributed by atoms with Gasteiger partial charge in [-0.2, -0.15) is 0 Å². The molecule has 0 heterocycles. The van der Waals surface area contributed by atoms with Crippen LogP contribution in [0.25, 0.3) is 10.8 Å². The van der Waals surface area contributed by atoms with Gasteiger partial charge in [0.1, 0.15) is 8.24 Å². The molecule has 0 aromatic heterocycles. The molecule has 2 aromatic rings. The average Bonchev–Trinajstić information content (AvgIpc) is 2.17. The van der Waals surface area contributed by atoms with E-state index in [1.165, 1.54) is 11.1 Å². The minimum Gasteiger partial charge on any atom is -0.410 e. The predicted molar refractivity (Wildman–Crippen MR) is 75.3 cm³/mol. The highest BCUT2D eigenvalue weighted by Gasteiger charge is 2.14. The maximum absolute atomic E-state index is 5.97. The van der Waals surface area contributed by atoms with Gasteiger partial charge in [-0.05, 0) is 12.1 Å². The van der Waals surface area contributed by atoms with Crippen molar-refractivity contribution in [1.82, 2.24) is 0 Å². The zero-order valence-corrected chi connectivity index (χ0v) is 11.0. The molecule has 0 saturated heterocycles. The summed E-state index contributed by atoms with van der Waals surface area (Å²) in [6.45, 7) is 6.87. The van der Waals surface area contributed by atoms with Crippen LogP contribution in [0.1, 0.15) is 0 Å². The van der Waals surface area contributed by atoms with Crippen molar-refractivity contribution in [3.63, 3.8) is 0 Å². The third-order valence-electron chi connectivity index (χ3n) is 2.47. The maximum atomic E-state index is 5.97. The van der Waals surface area contributed by atoms with Crippen molar-refractivity contribution >= 4 is 30.4 Å². The quantitative estimate of drug-likeness (QED) is 0.610. The third kappa shape index (κ3) is 2.19. The van der Waals surface area contributed by atoms with E-state index in [0.29, 0.717) is 0 Å². The van der Waals surface area contributed by atoms with Crippen LogP contribution in [0.4, 0.5) is 11.4 Å². The minimum absolute atomic E-state index is 0.844. The van der Waals surface area contributed by atoms with Crippen molar-refractivity contribution in [1.29, 1.82) is 0 Å². The summed E-state index contributed by atoms with van der Waals surface area (Å²) in [6.07, 6.45) is 0. The zero-order valence-electron chi connectivity index (χ0n) is 10.0. The van der Waals surface area contributed by atoms with Gasteiger partial charge >= 0.3 is 0 Å². The van der Waals surface area contributed by atoms with Gasteiger partial charge in [-0.15, -0.1) is 0 Å². The molecule has 3 N–H and O–H groups in total. The topological polar surface area (TPSA) is 38.0 Å². The van der Waals surface area contributed by atoms with E-state index < -0.39 is 8.24 Å². The van der Waals surface area contributed by atoms with Crippen molar-refractivity contribution in [2.75, 3.05) is 10.7 Å².